The number of halogens is 2. The van der Waals surface area contributed by atoms with Crippen molar-refractivity contribution in [2.75, 3.05) is 32.8 Å². The van der Waals surface area contributed by atoms with Gasteiger partial charge >= 0.3 is 0 Å². The highest BCUT2D eigenvalue weighted by Gasteiger charge is 2.21. The number of hydrogen-bond acceptors (Lipinski definition) is 4. The maximum atomic E-state index is 12.5. The van der Waals surface area contributed by atoms with Gasteiger partial charge in [-0.05, 0) is 36.8 Å². The maximum Gasteiger partial charge on any atom is 0.246 e. The third-order valence-electron chi connectivity index (χ3n) is 4.89. The molecule has 1 heterocycles. The van der Waals surface area contributed by atoms with Crippen LogP contribution in [0.25, 0.3) is 6.08 Å². The van der Waals surface area contributed by atoms with Gasteiger partial charge in [-0.1, -0.05) is 53.2 Å². The van der Waals surface area contributed by atoms with Crippen LogP contribution in [0.5, 0.6) is 5.75 Å². The second-order valence-corrected chi connectivity index (χ2v) is 8.77. The van der Waals surface area contributed by atoms with Crippen molar-refractivity contribution in [1.29, 1.82) is 0 Å². The van der Waals surface area contributed by atoms with Gasteiger partial charge in [0, 0.05) is 44.1 Å². The average Bonchev–Trinajstić information content (AvgIpc) is 2.77. The fourth-order valence-electron chi connectivity index (χ4n) is 3.19. The molecule has 1 fully saturated rings. The number of piperazine rings is 1. The molecular weight excluding hydrogens is 455 g/mol. The summed E-state index contributed by atoms with van der Waals surface area (Å²) in [5.41, 5.74) is 0.671. The van der Waals surface area contributed by atoms with Crippen LogP contribution in [0.2, 0.25) is 10.0 Å². The van der Waals surface area contributed by atoms with E-state index in [1.165, 1.54) is 17.8 Å². The van der Waals surface area contributed by atoms with Gasteiger partial charge in [-0.2, -0.15) is 0 Å². The van der Waals surface area contributed by atoms with Crippen molar-refractivity contribution in [3.63, 3.8) is 0 Å². The normalized spacial score (nSPS) is 14.2. The largest absolute Gasteiger partial charge is 0.493 e. The van der Waals surface area contributed by atoms with Crippen LogP contribution in [0, 0.1) is 0 Å². The smallest absolute Gasteiger partial charge is 0.246 e. The van der Waals surface area contributed by atoms with Gasteiger partial charge in [-0.15, -0.1) is 0 Å². The molecule has 1 aliphatic heterocycles. The fraction of sp³-hybridized carbons (Fsp3) is 0.304. The number of carbonyl (C=O) groups is 2. The Morgan fingerprint density at radius 3 is 2.35 bits per heavy atom. The standard InChI is InChI=1S/C23H24Cl2N2O3S/c1-3-30-18-6-4-5-7-19(18)31-20-10-8-17(22(24)23(20)25)9-11-21(29)27-14-12-26(13-15-27)16(2)28/h4-11H,3,12-15H2,1-2H3/b11-9+. The monoisotopic (exact) mass is 478 g/mol. The van der Waals surface area contributed by atoms with E-state index in [0.29, 0.717) is 48.4 Å². The van der Waals surface area contributed by atoms with Gasteiger partial charge in [0.1, 0.15) is 5.75 Å². The summed E-state index contributed by atoms with van der Waals surface area (Å²) in [5, 5.41) is 0.827. The van der Waals surface area contributed by atoms with E-state index in [1.54, 1.807) is 22.8 Å². The number of para-hydroxylation sites is 1. The van der Waals surface area contributed by atoms with Gasteiger partial charge in [0.2, 0.25) is 11.8 Å². The SMILES string of the molecule is CCOc1ccccc1Sc1ccc(/C=C/C(=O)N2CCN(C(C)=O)CC2)c(Cl)c1Cl. The third kappa shape index (κ3) is 5.97. The van der Waals surface area contributed by atoms with E-state index in [9.17, 15) is 9.59 Å². The molecule has 1 aliphatic rings. The van der Waals surface area contributed by atoms with Crippen LogP contribution < -0.4 is 4.74 Å². The molecule has 31 heavy (non-hydrogen) atoms. The lowest BCUT2D eigenvalue weighted by Gasteiger charge is -2.33. The Morgan fingerprint density at radius 1 is 1.00 bits per heavy atom. The lowest BCUT2D eigenvalue weighted by atomic mass is 10.2. The topological polar surface area (TPSA) is 49.9 Å². The number of nitrogens with zero attached hydrogens (tertiary/aromatic N) is 2. The minimum atomic E-state index is -0.112. The van der Waals surface area contributed by atoms with Crippen LogP contribution in [0.1, 0.15) is 19.4 Å². The summed E-state index contributed by atoms with van der Waals surface area (Å²) < 4.78 is 5.67. The molecule has 0 bridgehead atoms. The number of hydrogen-bond donors (Lipinski definition) is 0. The molecule has 0 atom stereocenters. The molecular formula is C23H24Cl2N2O3S. The zero-order valence-electron chi connectivity index (χ0n) is 17.4. The Labute approximate surface area is 196 Å². The van der Waals surface area contributed by atoms with Gasteiger partial charge < -0.3 is 14.5 Å². The lowest BCUT2D eigenvalue weighted by molar-refractivity contribution is -0.135. The van der Waals surface area contributed by atoms with Crippen LogP contribution >= 0.6 is 35.0 Å². The molecule has 0 spiro atoms. The van der Waals surface area contributed by atoms with Crippen LogP contribution in [0.15, 0.2) is 52.3 Å². The molecule has 164 valence electrons. The highest BCUT2D eigenvalue weighted by Crippen LogP contribution is 2.42. The summed E-state index contributed by atoms with van der Waals surface area (Å²) in [7, 11) is 0. The van der Waals surface area contributed by atoms with E-state index in [4.69, 9.17) is 27.9 Å². The van der Waals surface area contributed by atoms with E-state index in [0.717, 1.165) is 15.5 Å². The quantitative estimate of drug-likeness (QED) is 0.532. The van der Waals surface area contributed by atoms with Gasteiger partial charge in [-0.25, -0.2) is 0 Å². The Morgan fingerprint density at radius 2 is 1.68 bits per heavy atom. The Kier molecular flexibility index (Phi) is 8.29. The van der Waals surface area contributed by atoms with Crippen molar-refractivity contribution in [3.8, 4) is 5.75 Å². The van der Waals surface area contributed by atoms with Crippen molar-refractivity contribution < 1.29 is 14.3 Å². The summed E-state index contributed by atoms with van der Waals surface area (Å²) in [6, 6.07) is 11.5. The van der Waals surface area contributed by atoms with Crippen LogP contribution in [-0.2, 0) is 9.59 Å². The summed E-state index contributed by atoms with van der Waals surface area (Å²) in [6.45, 7) is 6.20. The fourth-order valence-corrected chi connectivity index (χ4v) is 4.70. The summed E-state index contributed by atoms with van der Waals surface area (Å²) in [6.07, 6.45) is 3.18. The van der Waals surface area contributed by atoms with E-state index >= 15 is 0 Å². The minimum Gasteiger partial charge on any atom is -0.493 e. The second-order valence-electron chi connectivity index (χ2n) is 6.93. The van der Waals surface area contributed by atoms with E-state index in [-0.39, 0.29) is 11.8 Å². The Hall–Kier alpha value is -2.15. The Balaban J connectivity index is 1.69. The van der Waals surface area contributed by atoms with Crippen molar-refractivity contribution in [2.24, 2.45) is 0 Å². The molecule has 0 radical (unpaired) electrons. The van der Waals surface area contributed by atoms with Crippen LogP contribution in [0.4, 0.5) is 0 Å². The van der Waals surface area contributed by atoms with E-state index in [2.05, 4.69) is 0 Å². The molecule has 1 saturated heterocycles. The van der Waals surface area contributed by atoms with Crippen LogP contribution in [0.3, 0.4) is 0 Å². The molecule has 0 unspecified atom stereocenters. The van der Waals surface area contributed by atoms with Crippen molar-refractivity contribution in [2.45, 2.75) is 23.6 Å². The molecule has 2 aromatic carbocycles. The first kappa shape index (κ1) is 23.5. The average molecular weight is 479 g/mol. The number of ether oxygens (including phenoxy) is 1. The van der Waals surface area contributed by atoms with E-state index < -0.39 is 0 Å². The van der Waals surface area contributed by atoms with Crippen molar-refractivity contribution in [1.82, 2.24) is 9.80 Å². The second kappa shape index (κ2) is 10.9. The van der Waals surface area contributed by atoms with Gasteiger partial charge in [0.05, 0.1) is 21.5 Å². The number of amides is 2. The molecule has 3 rings (SSSR count). The highest BCUT2D eigenvalue weighted by molar-refractivity contribution is 7.99. The maximum absolute atomic E-state index is 12.5. The first-order valence-corrected chi connectivity index (χ1v) is 11.6. The first-order valence-electron chi connectivity index (χ1n) is 10.0. The molecule has 0 aromatic heterocycles. The molecule has 2 amide bonds. The zero-order valence-corrected chi connectivity index (χ0v) is 19.8. The number of benzene rings is 2. The first-order chi connectivity index (χ1) is 14.9. The third-order valence-corrected chi connectivity index (χ3v) is 7.01. The summed E-state index contributed by atoms with van der Waals surface area (Å²) in [5.74, 6) is 0.715. The van der Waals surface area contributed by atoms with E-state index in [1.807, 2.05) is 43.3 Å². The van der Waals surface area contributed by atoms with Gasteiger partial charge in [-0.3, -0.25) is 9.59 Å². The molecule has 0 N–H and O–H groups in total. The van der Waals surface area contributed by atoms with Gasteiger partial charge in [0.25, 0.3) is 0 Å². The molecule has 0 aliphatic carbocycles. The van der Waals surface area contributed by atoms with Crippen molar-refractivity contribution in [3.05, 3.63) is 58.1 Å². The number of carbonyl (C=O) groups excluding carboxylic acids is 2. The van der Waals surface area contributed by atoms with Crippen molar-refractivity contribution >= 4 is 52.9 Å². The molecule has 5 nitrogen and oxygen atoms in total. The lowest BCUT2D eigenvalue weighted by Crippen LogP contribution is -2.49. The highest BCUT2D eigenvalue weighted by atomic mass is 35.5. The predicted octanol–water partition coefficient (Wildman–Crippen LogP) is 5.25. The van der Waals surface area contributed by atoms with Crippen LogP contribution in [-0.4, -0.2) is 54.4 Å². The number of rotatable bonds is 6. The molecule has 2 aromatic rings. The minimum absolute atomic E-state index is 0.0332. The zero-order chi connectivity index (χ0) is 22.4. The Bertz CT molecular complexity index is 989. The van der Waals surface area contributed by atoms with Gasteiger partial charge in [0.15, 0.2) is 0 Å². The molecule has 0 saturated carbocycles. The predicted molar refractivity (Wildman–Crippen MR) is 126 cm³/mol. The summed E-state index contributed by atoms with van der Waals surface area (Å²) >= 11 is 14.5. The molecule has 8 heteroatoms. The summed E-state index contributed by atoms with van der Waals surface area (Å²) in [4.78, 5) is 29.1.